The first-order valence-electron chi connectivity index (χ1n) is 10.1. The van der Waals surface area contributed by atoms with Crippen LogP contribution in [0.25, 0.3) is 0 Å². The van der Waals surface area contributed by atoms with E-state index < -0.39 is 0 Å². The fraction of sp³-hybridized carbons (Fsp3) is 0.545. The molecule has 1 aromatic carbocycles. The van der Waals surface area contributed by atoms with Gasteiger partial charge >= 0.3 is 0 Å². The van der Waals surface area contributed by atoms with Crippen LogP contribution < -0.4 is 10.1 Å². The summed E-state index contributed by atoms with van der Waals surface area (Å²) in [7, 11) is 0. The summed E-state index contributed by atoms with van der Waals surface area (Å²) in [6.45, 7) is 5.84. The highest BCUT2D eigenvalue weighted by molar-refractivity contribution is 5.48. The summed E-state index contributed by atoms with van der Waals surface area (Å²) in [5, 5.41) is 3.42. The first-order chi connectivity index (χ1) is 12.8. The molecule has 2 aromatic rings. The Hall–Kier alpha value is -2.10. The average molecular weight is 354 g/mol. The zero-order valence-corrected chi connectivity index (χ0v) is 16.2. The van der Waals surface area contributed by atoms with Crippen LogP contribution in [0.3, 0.4) is 0 Å². The number of aromatic nitrogens is 2. The SMILES string of the molecule is CCCCCc1ccc(OCCNc2ncnc3c2CCC3)c(CC)c1. The highest BCUT2D eigenvalue weighted by Crippen LogP contribution is 2.25. The van der Waals surface area contributed by atoms with Gasteiger partial charge in [-0.3, -0.25) is 0 Å². The second-order valence-electron chi connectivity index (χ2n) is 7.03. The lowest BCUT2D eigenvalue weighted by atomic mass is 10.0. The molecule has 0 saturated heterocycles. The van der Waals surface area contributed by atoms with Crippen LogP contribution in [-0.2, 0) is 25.7 Å². The molecule has 4 nitrogen and oxygen atoms in total. The van der Waals surface area contributed by atoms with Crippen molar-refractivity contribution >= 4 is 5.82 Å². The van der Waals surface area contributed by atoms with Crippen LogP contribution in [0.15, 0.2) is 24.5 Å². The predicted molar refractivity (Wildman–Crippen MR) is 107 cm³/mol. The zero-order chi connectivity index (χ0) is 18.2. The number of aryl methyl sites for hydroxylation is 3. The molecule has 0 saturated carbocycles. The van der Waals surface area contributed by atoms with E-state index in [9.17, 15) is 0 Å². The minimum Gasteiger partial charge on any atom is -0.491 e. The van der Waals surface area contributed by atoms with Gasteiger partial charge < -0.3 is 10.1 Å². The molecule has 26 heavy (non-hydrogen) atoms. The van der Waals surface area contributed by atoms with Crippen LogP contribution in [0.5, 0.6) is 5.75 Å². The topological polar surface area (TPSA) is 47.0 Å². The molecular formula is C22H31N3O. The number of anilines is 1. The maximum atomic E-state index is 6.04. The zero-order valence-electron chi connectivity index (χ0n) is 16.2. The van der Waals surface area contributed by atoms with Crippen molar-refractivity contribution in [3.8, 4) is 5.75 Å². The van der Waals surface area contributed by atoms with Gasteiger partial charge in [-0.25, -0.2) is 9.97 Å². The van der Waals surface area contributed by atoms with Crippen molar-refractivity contribution in [3.05, 3.63) is 46.9 Å². The third-order valence-corrected chi connectivity index (χ3v) is 5.10. The molecule has 0 bridgehead atoms. The fourth-order valence-electron chi connectivity index (χ4n) is 3.63. The number of benzene rings is 1. The third kappa shape index (κ3) is 4.75. The van der Waals surface area contributed by atoms with Gasteiger partial charge in [0, 0.05) is 11.3 Å². The molecule has 0 aliphatic heterocycles. The van der Waals surface area contributed by atoms with Crippen LogP contribution in [0.4, 0.5) is 5.82 Å². The Morgan fingerprint density at radius 1 is 1.12 bits per heavy atom. The Morgan fingerprint density at radius 2 is 2.04 bits per heavy atom. The summed E-state index contributed by atoms with van der Waals surface area (Å²) in [6.07, 6.45) is 11.0. The van der Waals surface area contributed by atoms with E-state index in [1.54, 1.807) is 6.33 Å². The normalized spacial score (nSPS) is 12.8. The number of nitrogens with zero attached hydrogens (tertiary/aromatic N) is 2. The second-order valence-corrected chi connectivity index (χ2v) is 7.03. The monoisotopic (exact) mass is 353 g/mol. The third-order valence-electron chi connectivity index (χ3n) is 5.10. The maximum absolute atomic E-state index is 6.04. The quantitative estimate of drug-likeness (QED) is 0.626. The highest BCUT2D eigenvalue weighted by atomic mass is 16.5. The summed E-state index contributed by atoms with van der Waals surface area (Å²) in [4.78, 5) is 8.77. The van der Waals surface area contributed by atoms with Crippen molar-refractivity contribution in [3.63, 3.8) is 0 Å². The molecule has 4 heteroatoms. The highest BCUT2D eigenvalue weighted by Gasteiger charge is 2.16. The molecule has 140 valence electrons. The van der Waals surface area contributed by atoms with Gasteiger partial charge in [-0.05, 0) is 55.7 Å². The van der Waals surface area contributed by atoms with Gasteiger partial charge in [0.2, 0.25) is 0 Å². The Bertz CT molecular complexity index is 715. The maximum Gasteiger partial charge on any atom is 0.132 e. The van der Waals surface area contributed by atoms with Crippen molar-refractivity contribution in [2.45, 2.75) is 65.2 Å². The van der Waals surface area contributed by atoms with Gasteiger partial charge in [0.15, 0.2) is 0 Å². The minimum absolute atomic E-state index is 0.640. The predicted octanol–water partition coefficient (Wildman–Crippen LogP) is 4.75. The summed E-state index contributed by atoms with van der Waals surface area (Å²) >= 11 is 0. The molecule has 0 radical (unpaired) electrons. The molecule has 0 fully saturated rings. The average Bonchev–Trinajstić information content (AvgIpc) is 3.15. The van der Waals surface area contributed by atoms with Gasteiger partial charge in [-0.1, -0.05) is 38.8 Å². The van der Waals surface area contributed by atoms with E-state index in [1.807, 2.05) is 0 Å². The number of hydrogen-bond donors (Lipinski definition) is 1. The Kier molecular flexibility index (Phi) is 6.87. The Balaban J connectivity index is 1.51. The molecular weight excluding hydrogens is 322 g/mol. The molecule has 1 N–H and O–H groups in total. The van der Waals surface area contributed by atoms with Crippen molar-refractivity contribution in [1.29, 1.82) is 0 Å². The summed E-state index contributed by atoms with van der Waals surface area (Å²) in [5.41, 5.74) is 5.23. The van der Waals surface area contributed by atoms with E-state index in [4.69, 9.17) is 4.74 Å². The van der Waals surface area contributed by atoms with Crippen molar-refractivity contribution in [2.75, 3.05) is 18.5 Å². The van der Waals surface area contributed by atoms with Crippen molar-refractivity contribution < 1.29 is 4.74 Å². The van der Waals surface area contributed by atoms with E-state index in [0.717, 1.165) is 37.4 Å². The van der Waals surface area contributed by atoms with E-state index >= 15 is 0 Å². The molecule has 1 aliphatic carbocycles. The van der Waals surface area contributed by atoms with E-state index in [2.05, 4.69) is 47.3 Å². The largest absolute Gasteiger partial charge is 0.491 e. The summed E-state index contributed by atoms with van der Waals surface area (Å²) in [6, 6.07) is 6.67. The number of fused-ring (bicyclic) bond motifs is 1. The number of unbranched alkanes of at least 4 members (excludes halogenated alkanes) is 2. The number of rotatable bonds is 10. The second kappa shape index (κ2) is 9.56. The van der Waals surface area contributed by atoms with Gasteiger partial charge in [-0.15, -0.1) is 0 Å². The van der Waals surface area contributed by atoms with Gasteiger partial charge in [0.25, 0.3) is 0 Å². The summed E-state index contributed by atoms with van der Waals surface area (Å²) in [5.74, 6) is 2.00. The van der Waals surface area contributed by atoms with Crippen LogP contribution in [0, 0.1) is 0 Å². The van der Waals surface area contributed by atoms with Gasteiger partial charge in [-0.2, -0.15) is 0 Å². The number of nitrogens with one attached hydrogen (secondary N) is 1. The van der Waals surface area contributed by atoms with Gasteiger partial charge in [0.05, 0.1) is 6.54 Å². The fourth-order valence-corrected chi connectivity index (χ4v) is 3.63. The Labute approximate surface area is 157 Å². The molecule has 1 aromatic heterocycles. The Morgan fingerprint density at radius 3 is 2.88 bits per heavy atom. The summed E-state index contributed by atoms with van der Waals surface area (Å²) < 4.78 is 6.04. The number of hydrogen-bond acceptors (Lipinski definition) is 4. The smallest absolute Gasteiger partial charge is 0.132 e. The van der Waals surface area contributed by atoms with Crippen molar-refractivity contribution in [2.24, 2.45) is 0 Å². The minimum atomic E-state index is 0.640. The van der Waals surface area contributed by atoms with E-state index in [-0.39, 0.29) is 0 Å². The molecule has 3 rings (SSSR count). The molecule has 1 heterocycles. The lowest BCUT2D eigenvalue weighted by Crippen LogP contribution is -2.14. The lowest BCUT2D eigenvalue weighted by Gasteiger charge is -2.14. The van der Waals surface area contributed by atoms with E-state index in [1.165, 1.54) is 54.5 Å². The van der Waals surface area contributed by atoms with E-state index in [0.29, 0.717) is 6.61 Å². The molecule has 0 spiro atoms. The van der Waals surface area contributed by atoms with Crippen LogP contribution >= 0.6 is 0 Å². The van der Waals surface area contributed by atoms with Crippen LogP contribution in [0.1, 0.15) is 61.9 Å². The van der Waals surface area contributed by atoms with Crippen LogP contribution in [0.2, 0.25) is 0 Å². The first-order valence-corrected chi connectivity index (χ1v) is 10.1. The molecule has 0 unspecified atom stereocenters. The van der Waals surface area contributed by atoms with Crippen LogP contribution in [-0.4, -0.2) is 23.1 Å². The molecule has 1 aliphatic rings. The number of ether oxygens (including phenoxy) is 1. The standard InChI is InChI=1S/C22H31N3O/c1-3-5-6-8-17-11-12-21(18(4-2)15-17)26-14-13-23-22-19-9-7-10-20(19)24-16-25-22/h11-12,15-16H,3-10,13-14H2,1-2H3,(H,23,24,25). The first kappa shape index (κ1) is 18.7. The van der Waals surface area contributed by atoms with Gasteiger partial charge in [0.1, 0.15) is 24.5 Å². The molecule has 0 atom stereocenters. The van der Waals surface area contributed by atoms with Crippen molar-refractivity contribution in [1.82, 2.24) is 9.97 Å². The molecule has 0 amide bonds. The lowest BCUT2D eigenvalue weighted by molar-refractivity contribution is 0.329.